The molecule has 0 aliphatic carbocycles. The second kappa shape index (κ2) is 4.63. The van der Waals surface area contributed by atoms with Gasteiger partial charge in [0.25, 0.3) is 0 Å². The van der Waals surface area contributed by atoms with Gasteiger partial charge in [0.15, 0.2) is 15.0 Å². The maximum atomic E-state index is 11.3. The molecule has 2 aliphatic rings. The zero-order valence-corrected chi connectivity index (χ0v) is 11.4. The minimum absolute atomic E-state index is 0.269. The van der Waals surface area contributed by atoms with Crippen LogP contribution in [0, 0.1) is 0 Å². The molecule has 0 bridgehead atoms. The van der Waals surface area contributed by atoms with Crippen LogP contribution in [0.1, 0.15) is 0 Å². The van der Waals surface area contributed by atoms with E-state index in [9.17, 15) is 8.42 Å². The Kier molecular flexibility index (Phi) is 3.62. The van der Waals surface area contributed by atoms with Gasteiger partial charge in [0, 0.05) is 23.7 Å². The Bertz CT molecular complexity index is 355. The molecule has 2 rings (SSSR count). The molecule has 0 saturated carbocycles. The SMILES string of the molecule is O=S1(=O)CCN(C2=NCC(CBr)S2)CC1. The van der Waals surface area contributed by atoms with Crippen molar-refractivity contribution < 1.29 is 8.42 Å². The topological polar surface area (TPSA) is 49.7 Å². The standard InChI is InChI=1S/C8H13BrN2O2S2/c9-5-7-6-10-8(14-7)11-1-3-15(12,13)4-2-11/h7H,1-6H2. The fourth-order valence-corrected chi connectivity index (χ4v) is 4.36. The number of sulfone groups is 1. The van der Waals surface area contributed by atoms with E-state index in [0.717, 1.165) is 17.0 Å². The molecule has 0 spiro atoms. The summed E-state index contributed by atoms with van der Waals surface area (Å²) in [6.07, 6.45) is 0. The van der Waals surface area contributed by atoms with E-state index >= 15 is 0 Å². The van der Waals surface area contributed by atoms with Crippen LogP contribution in [0.5, 0.6) is 0 Å². The highest BCUT2D eigenvalue weighted by Gasteiger charge is 2.28. The number of amidine groups is 1. The van der Waals surface area contributed by atoms with E-state index in [1.54, 1.807) is 11.8 Å². The Morgan fingerprint density at radius 2 is 2.13 bits per heavy atom. The van der Waals surface area contributed by atoms with Crippen LogP contribution >= 0.6 is 27.7 Å². The van der Waals surface area contributed by atoms with E-state index in [0.29, 0.717) is 18.3 Å². The van der Waals surface area contributed by atoms with E-state index < -0.39 is 9.84 Å². The Hall–Kier alpha value is 0.250. The van der Waals surface area contributed by atoms with Crippen molar-refractivity contribution in [3.63, 3.8) is 0 Å². The third-order valence-corrected chi connectivity index (χ3v) is 6.56. The molecule has 4 nitrogen and oxygen atoms in total. The molecule has 1 fully saturated rings. The summed E-state index contributed by atoms with van der Waals surface area (Å²) in [5.41, 5.74) is 0. The van der Waals surface area contributed by atoms with E-state index in [2.05, 4.69) is 25.8 Å². The summed E-state index contributed by atoms with van der Waals surface area (Å²) >= 11 is 5.19. The smallest absolute Gasteiger partial charge is 0.159 e. The van der Waals surface area contributed by atoms with Crippen LogP contribution in [-0.2, 0) is 9.84 Å². The van der Waals surface area contributed by atoms with Crippen LogP contribution in [0.4, 0.5) is 0 Å². The average Bonchev–Trinajstić information content (AvgIpc) is 2.66. The third-order valence-electron chi connectivity index (χ3n) is 2.49. The van der Waals surface area contributed by atoms with Gasteiger partial charge in [-0.2, -0.15) is 0 Å². The maximum Gasteiger partial charge on any atom is 0.159 e. The molecule has 1 unspecified atom stereocenters. The minimum Gasteiger partial charge on any atom is -0.349 e. The molecule has 0 aromatic rings. The first-order valence-corrected chi connectivity index (χ1v) is 8.65. The van der Waals surface area contributed by atoms with Crippen molar-refractivity contribution >= 4 is 42.7 Å². The Labute approximate surface area is 103 Å². The Morgan fingerprint density at radius 1 is 1.47 bits per heavy atom. The van der Waals surface area contributed by atoms with E-state index in [1.165, 1.54) is 0 Å². The molecule has 7 heteroatoms. The first-order valence-electron chi connectivity index (χ1n) is 4.83. The van der Waals surface area contributed by atoms with Crippen molar-refractivity contribution in [3.05, 3.63) is 0 Å². The van der Waals surface area contributed by atoms with Gasteiger partial charge in [-0.05, 0) is 0 Å². The van der Waals surface area contributed by atoms with Crippen molar-refractivity contribution in [1.29, 1.82) is 0 Å². The Balaban J connectivity index is 1.92. The number of rotatable bonds is 1. The lowest BCUT2D eigenvalue weighted by Crippen LogP contribution is -2.42. The summed E-state index contributed by atoms with van der Waals surface area (Å²) < 4.78 is 22.5. The van der Waals surface area contributed by atoms with Gasteiger partial charge in [0.2, 0.25) is 0 Å². The van der Waals surface area contributed by atoms with Gasteiger partial charge in [-0.15, -0.1) is 0 Å². The van der Waals surface area contributed by atoms with Crippen LogP contribution in [0.25, 0.3) is 0 Å². The van der Waals surface area contributed by atoms with Gasteiger partial charge < -0.3 is 4.90 Å². The highest BCUT2D eigenvalue weighted by molar-refractivity contribution is 9.09. The monoisotopic (exact) mass is 312 g/mol. The highest BCUT2D eigenvalue weighted by atomic mass is 79.9. The Morgan fingerprint density at radius 3 is 2.67 bits per heavy atom. The molecule has 86 valence electrons. The molecule has 0 N–H and O–H groups in total. The summed E-state index contributed by atoms with van der Waals surface area (Å²) in [6.45, 7) is 2.04. The van der Waals surface area contributed by atoms with Crippen molar-refractivity contribution in [1.82, 2.24) is 4.90 Å². The molecule has 15 heavy (non-hydrogen) atoms. The minimum atomic E-state index is -2.78. The van der Waals surface area contributed by atoms with Crippen molar-refractivity contribution in [2.24, 2.45) is 4.99 Å². The predicted molar refractivity (Wildman–Crippen MR) is 67.7 cm³/mol. The van der Waals surface area contributed by atoms with Crippen molar-refractivity contribution in [3.8, 4) is 0 Å². The van der Waals surface area contributed by atoms with Gasteiger partial charge in [0.1, 0.15) is 0 Å². The third kappa shape index (κ3) is 2.88. The zero-order chi connectivity index (χ0) is 10.9. The molecule has 0 aromatic carbocycles. The number of nitrogens with zero attached hydrogens (tertiary/aromatic N) is 2. The van der Waals surface area contributed by atoms with Gasteiger partial charge in [0.05, 0.1) is 18.1 Å². The fraction of sp³-hybridized carbons (Fsp3) is 0.875. The summed E-state index contributed by atoms with van der Waals surface area (Å²) in [6, 6.07) is 0. The summed E-state index contributed by atoms with van der Waals surface area (Å²) in [5, 5.41) is 2.48. The normalized spacial score (nSPS) is 30.3. The zero-order valence-electron chi connectivity index (χ0n) is 8.23. The fourth-order valence-electron chi connectivity index (χ4n) is 1.56. The summed E-state index contributed by atoms with van der Waals surface area (Å²) in [7, 11) is -2.78. The number of thioether (sulfide) groups is 1. The molecule has 0 amide bonds. The second-order valence-electron chi connectivity index (χ2n) is 3.66. The van der Waals surface area contributed by atoms with Crippen LogP contribution in [-0.4, -0.2) is 60.2 Å². The maximum absolute atomic E-state index is 11.3. The van der Waals surface area contributed by atoms with Crippen molar-refractivity contribution in [2.45, 2.75) is 5.25 Å². The largest absolute Gasteiger partial charge is 0.349 e. The predicted octanol–water partition coefficient (Wildman–Crippen LogP) is 0.583. The van der Waals surface area contributed by atoms with Crippen molar-refractivity contribution in [2.75, 3.05) is 36.5 Å². The molecule has 2 heterocycles. The number of hydrogen-bond acceptors (Lipinski definition) is 5. The lowest BCUT2D eigenvalue weighted by atomic mass is 10.5. The van der Waals surface area contributed by atoms with Gasteiger partial charge in [-0.1, -0.05) is 27.7 Å². The second-order valence-corrected chi connectivity index (χ2v) is 7.87. The first kappa shape index (κ1) is 11.7. The summed E-state index contributed by atoms with van der Waals surface area (Å²) in [4.78, 5) is 6.53. The van der Waals surface area contributed by atoms with Gasteiger partial charge in [-0.25, -0.2) is 8.42 Å². The average molecular weight is 313 g/mol. The van der Waals surface area contributed by atoms with Gasteiger partial charge >= 0.3 is 0 Å². The lowest BCUT2D eigenvalue weighted by Gasteiger charge is -2.27. The van der Waals surface area contributed by atoms with E-state index in [1.807, 2.05) is 0 Å². The molecule has 1 atom stereocenters. The molecule has 1 saturated heterocycles. The molecule has 0 radical (unpaired) electrons. The van der Waals surface area contributed by atoms with Crippen LogP contribution < -0.4 is 0 Å². The number of alkyl halides is 1. The molecular formula is C8H13BrN2O2S2. The quantitative estimate of drug-likeness (QED) is 0.665. The molecule has 0 aromatic heterocycles. The molecular weight excluding hydrogens is 300 g/mol. The number of halogens is 1. The highest BCUT2D eigenvalue weighted by Crippen LogP contribution is 2.25. The lowest BCUT2D eigenvalue weighted by molar-refractivity contribution is 0.450. The van der Waals surface area contributed by atoms with E-state index in [4.69, 9.17) is 0 Å². The first-order chi connectivity index (χ1) is 7.11. The summed E-state index contributed by atoms with van der Waals surface area (Å²) in [5.74, 6) is 0.539. The van der Waals surface area contributed by atoms with Crippen LogP contribution in [0.2, 0.25) is 0 Å². The van der Waals surface area contributed by atoms with Gasteiger partial charge in [-0.3, -0.25) is 4.99 Å². The number of aliphatic imine (C=N–C) groups is 1. The number of hydrogen-bond donors (Lipinski definition) is 0. The van der Waals surface area contributed by atoms with Crippen LogP contribution in [0.3, 0.4) is 0 Å². The van der Waals surface area contributed by atoms with Crippen LogP contribution in [0.15, 0.2) is 4.99 Å². The molecule has 2 aliphatic heterocycles. The van der Waals surface area contributed by atoms with E-state index in [-0.39, 0.29) is 11.5 Å².